The Hall–Kier alpha value is -1.72. The first-order chi connectivity index (χ1) is 8.27. The van der Waals surface area contributed by atoms with Crippen LogP contribution in [0.3, 0.4) is 0 Å². The number of carbonyl (C=O) groups is 1. The van der Waals surface area contributed by atoms with Gasteiger partial charge in [-0.05, 0) is 35.1 Å². The highest BCUT2D eigenvalue weighted by atomic mass is 32.1. The van der Waals surface area contributed by atoms with Gasteiger partial charge in [0.2, 0.25) is 0 Å². The van der Waals surface area contributed by atoms with Gasteiger partial charge in [-0.1, -0.05) is 18.2 Å². The lowest BCUT2D eigenvalue weighted by Gasteiger charge is -1.93. The molecule has 2 aromatic heterocycles. The van der Waals surface area contributed by atoms with Crippen LogP contribution in [0.25, 0.3) is 10.1 Å². The lowest BCUT2D eigenvalue weighted by Crippen LogP contribution is -2.20. The summed E-state index contributed by atoms with van der Waals surface area (Å²) in [5, 5.41) is 2.42. The Morgan fingerprint density at radius 3 is 2.65 bits per heavy atom. The van der Waals surface area contributed by atoms with Crippen LogP contribution in [-0.4, -0.2) is 9.86 Å². The van der Waals surface area contributed by atoms with Gasteiger partial charge in [0.25, 0.3) is 11.5 Å². The molecule has 0 saturated heterocycles. The number of aromatic nitrogens is 1. The first-order valence-corrected chi connectivity index (χ1v) is 6.62. The smallest absolute Gasteiger partial charge is 0.267 e. The van der Waals surface area contributed by atoms with Gasteiger partial charge in [-0.25, -0.2) is 0 Å². The molecule has 3 aromatic rings. The molecule has 2 heterocycles. The molecule has 5 heteroatoms. The second kappa shape index (κ2) is 3.94. The van der Waals surface area contributed by atoms with E-state index >= 15 is 0 Å². The Labute approximate surface area is 105 Å². The average molecular weight is 261 g/mol. The lowest BCUT2D eigenvalue weighted by molar-refractivity contribution is 0.0973. The lowest BCUT2D eigenvalue weighted by atomic mass is 10.3. The van der Waals surface area contributed by atoms with Crippen LogP contribution in [0, 0.1) is 0 Å². The summed E-state index contributed by atoms with van der Waals surface area (Å²) in [5.74, 6) is -0.244. The Morgan fingerprint density at radius 2 is 1.94 bits per heavy atom. The summed E-state index contributed by atoms with van der Waals surface area (Å²) in [5.41, 5.74) is -0.232. The van der Waals surface area contributed by atoms with Crippen molar-refractivity contribution < 1.29 is 4.79 Å². The maximum absolute atomic E-state index is 12.1. The molecule has 0 spiro atoms. The van der Waals surface area contributed by atoms with Crippen LogP contribution in [0.15, 0.2) is 46.6 Å². The van der Waals surface area contributed by atoms with E-state index in [1.54, 1.807) is 24.3 Å². The van der Waals surface area contributed by atoms with Gasteiger partial charge in [-0.15, -0.1) is 11.3 Å². The topological polar surface area (TPSA) is 39.1 Å². The van der Waals surface area contributed by atoms with Gasteiger partial charge in [0.15, 0.2) is 0 Å². The molecule has 0 aliphatic carbocycles. The SMILES string of the molecule is O=C(c1cccs1)n1sc2ccccc2c1=O. The molecule has 0 radical (unpaired) electrons. The predicted octanol–water partition coefficient (Wildman–Crippen LogP) is 2.81. The predicted molar refractivity (Wildman–Crippen MR) is 70.1 cm³/mol. The minimum Gasteiger partial charge on any atom is -0.267 e. The molecule has 0 amide bonds. The number of thiophene rings is 1. The van der Waals surface area contributed by atoms with Crippen molar-refractivity contribution >= 4 is 38.9 Å². The van der Waals surface area contributed by atoms with Crippen molar-refractivity contribution in [2.24, 2.45) is 0 Å². The summed E-state index contributed by atoms with van der Waals surface area (Å²) >= 11 is 2.53. The number of fused-ring (bicyclic) bond motifs is 1. The fourth-order valence-electron chi connectivity index (χ4n) is 1.61. The minimum absolute atomic E-state index is 0.232. The molecule has 0 bridgehead atoms. The molecule has 0 aliphatic heterocycles. The molecule has 84 valence electrons. The first kappa shape index (κ1) is 10.4. The highest BCUT2D eigenvalue weighted by Gasteiger charge is 2.15. The summed E-state index contributed by atoms with van der Waals surface area (Å²) in [6.07, 6.45) is 0. The molecule has 1 aromatic carbocycles. The van der Waals surface area contributed by atoms with E-state index in [-0.39, 0.29) is 11.5 Å². The van der Waals surface area contributed by atoms with E-state index in [4.69, 9.17) is 0 Å². The Kier molecular flexibility index (Phi) is 2.42. The van der Waals surface area contributed by atoms with E-state index in [1.165, 1.54) is 26.8 Å². The maximum Gasteiger partial charge on any atom is 0.284 e. The molecular weight excluding hydrogens is 254 g/mol. The average Bonchev–Trinajstić information content (AvgIpc) is 2.97. The summed E-state index contributed by atoms with van der Waals surface area (Å²) in [7, 11) is 0. The highest BCUT2D eigenvalue weighted by Crippen LogP contribution is 2.18. The first-order valence-electron chi connectivity index (χ1n) is 4.96. The zero-order chi connectivity index (χ0) is 11.8. The third-order valence-corrected chi connectivity index (χ3v) is 4.33. The molecule has 17 heavy (non-hydrogen) atoms. The molecule has 0 atom stereocenters. The number of benzene rings is 1. The third-order valence-electron chi connectivity index (χ3n) is 2.41. The number of hydrogen-bond acceptors (Lipinski definition) is 4. The van der Waals surface area contributed by atoms with Crippen molar-refractivity contribution in [3.05, 3.63) is 57.0 Å². The molecule has 0 saturated carbocycles. The summed E-state index contributed by atoms with van der Waals surface area (Å²) in [4.78, 5) is 24.7. The number of rotatable bonds is 1. The maximum atomic E-state index is 12.1. The number of hydrogen-bond donors (Lipinski definition) is 0. The molecule has 3 nitrogen and oxygen atoms in total. The Balaban J connectivity index is 2.22. The van der Waals surface area contributed by atoms with Gasteiger partial charge in [-0.3, -0.25) is 9.59 Å². The van der Waals surface area contributed by atoms with Crippen LogP contribution in [0.1, 0.15) is 9.67 Å². The summed E-state index contributed by atoms with van der Waals surface area (Å²) < 4.78 is 2.05. The van der Waals surface area contributed by atoms with Crippen molar-refractivity contribution in [3.8, 4) is 0 Å². The van der Waals surface area contributed by atoms with E-state index in [0.717, 1.165) is 4.70 Å². The van der Waals surface area contributed by atoms with E-state index in [9.17, 15) is 9.59 Å². The van der Waals surface area contributed by atoms with Crippen LogP contribution in [0.2, 0.25) is 0 Å². The molecular formula is C12H7NO2S2. The second-order valence-corrected chi connectivity index (χ2v) is 5.40. The van der Waals surface area contributed by atoms with Gasteiger partial charge in [0.1, 0.15) is 0 Å². The van der Waals surface area contributed by atoms with Gasteiger partial charge in [0, 0.05) is 0 Å². The standard InChI is InChI=1S/C12H7NO2S2/c14-11-8-4-1-2-5-9(8)17-13(11)12(15)10-6-3-7-16-10/h1-7H. The second-order valence-electron chi connectivity index (χ2n) is 3.47. The van der Waals surface area contributed by atoms with Crippen molar-refractivity contribution in [2.75, 3.05) is 0 Å². The van der Waals surface area contributed by atoms with Gasteiger partial charge < -0.3 is 0 Å². The Bertz CT molecular complexity index is 737. The minimum atomic E-state index is -0.244. The van der Waals surface area contributed by atoms with Gasteiger partial charge >= 0.3 is 0 Å². The largest absolute Gasteiger partial charge is 0.284 e. The molecule has 0 fully saturated rings. The van der Waals surface area contributed by atoms with Crippen molar-refractivity contribution in [2.45, 2.75) is 0 Å². The van der Waals surface area contributed by atoms with E-state index in [0.29, 0.717) is 10.3 Å². The van der Waals surface area contributed by atoms with Crippen molar-refractivity contribution in [3.63, 3.8) is 0 Å². The van der Waals surface area contributed by atoms with E-state index in [2.05, 4.69) is 0 Å². The van der Waals surface area contributed by atoms with Crippen LogP contribution < -0.4 is 5.56 Å². The zero-order valence-corrected chi connectivity index (χ0v) is 10.3. The molecule has 0 unspecified atom stereocenters. The van der Waals surface area contributed by atoms with Gasteiger partial charge in [-0.2, -0.15) is 3.96 Å². The quantitative estimate of drug-likeness (QED) is 0.675. The van der Waals surface area contributed by atoms with Crippen LogP contribution >= 0.6 is 22.9 Å². The molecule has 0 N–H and O–H groups in total. The zero-order valence-electron chi connectivity index (χ0n) is 8.62. The fourth-order valence-corrected chi connectivity index (χ4v) is 3.27. The summed E-state index contributed by atoms with van der Waals surface area (Å²) in [6.45, 7) is 0. The number of nitrogens with zero attached hydrogens (tertiary/aromatic N) is 1. The normalized spacial score (nSPS) is 10.8. The highest BCUT2D eigenvalue weighted by molar-refractivity contribution is 7.16. The number of carbonyl (C=O) groups excluding carboxylic acids is 1. The molecule has 0 aliphatic rings. The van der Waals surface area contributed by atoms with E-state index < -0.39 is 0 Å². The Morgan fingerprint density at radius 1 is 1.12 bits per heavy atom. The van der Waals surface area contributed by atoms with Gasteiger partial charge in [0.05, 0.1) is 15.0 Å². The van der Waals surface area contributed by atoms with Crippen molar-refractivity contribution in [1.29, 1.82) is 0 Å². The van der Waals surface area contributed by atoms with E-state index in [1.807, 2.05) is 17.5 Å². The van der Waals surface area contributed by atoms with Crippen LogP contribution in [0.5, 0.6) is 0 Å². The third kappa shape index (κ3) is 1.64. The van der Waals surface area contributed by atoms with Crippen molar-refractivity contribution in [1.82, 2.24) is 3.96 Å². The van der Waals surface area contributed by atoms with Crippen LogP contribution in [-0.2, 0) is 0 Å². The fraction of sp³-hybridized carbons (Fsp3) is 0. The molecule has 3 rings (SSSR count). The summed E-state index contributed by atoms with van der Waals surface area (Å²) in [6, 6.07) is 10.8. The van der Waals surface area contributed by atoms with Crippen LogP contribution in [0.4, 0.5) is 0 Å². The monoisotopic (exact) mass is 261 g/mol.